The molecule has 0 fully saturated rings. The van der Waals surface area contributed by atoms with Gasteiger partial charge in [0.05, 0.1) is 6.54 Å². The molecule has 0 saturated carbocycles. The number of primary amides is 1. The summed E-state index contributed by atoms with van der Waals surface area (Å²) >= 11 is 0. The Morgan fingerprint density at radius 3 is 2.95 bits per heavy atom. The zero-order valence-electron chi connectivity index (χ0n) is 12.0. The van der Waals surface area contributed by atoms with Crippen LogP contribution >= 0.6 is 0 Å². The highest BCUT2D eigenvalue weighted by molar-refractivity contribution is 6.01. The van der Waals surface area contributed by atoms with Crippen molar-refractivity contribution < 1.29 is 14.3 Å². The molecule has 2 rings (SSSR count). The summed E-state index contributed by atoms with van der Waals surface area (Å²) in [6.45, 7) is 2.41. The molecule has 1 heterocycles. The molecular weight excluding hydrogens is 268 g/mol. The number of hydrogen-bond acceptors (Lipinski definition) is 3. The quantitative estimate of drug-likeness (QED) is 0.801. The molecule has 2 N–H and O–H groups in total. The van der Waals surface area contributed by atoms with Gasteiger partial charge < -0.3 is 15.4 Å². The van der Waals surface area contributed by atoms with E-state index in [9.17, 15) is 9.59 Å². The van der Waals surface area contributed by atoms with Crippen molar-refractivity contribution in [1.82, 2.24) is 4.90 Å². The molecule has 21 heavy (non-hydrogen) atoms. The highest BCUT2D eigenvalue weighted by atomic mass is 16.5. The van der Waals surface area contributed by atoms with Crippen molar-refractivity contribution in [2.24, 2.45) is 5.73 Å². The molecule has 0 bridgehead atoms. The molecule has 1 aromatic rings. The largest absolute Gasteiger partial charge is 0.481 e. The fraction of sp³-hybridized carbons (Fsp3) is 0.375. The lowest BCUT2D eigenvalue weighted by atomic mass is 10.1. The standard InChI is InChI=1S/C16H18N2O3/c1-3-6-13(15(17)19)18-10-12-11(16(18)20)7-5-8-14(12)21-9-4-2/h2,5,7-8,13H,3,6,9-10H2,1H3,(H2,17,19). The summed E-state index contributed by atoms with van der Waals surface area (Å²) in [5.41, 5.74) is 6.74. The van der Waals surface area contributed by atoms with Crippen molar-refractivity contribution in [2.45, 2.75) is 32.4 Å². The van der Waals surface area contributed by atoms with Gasteiger partial charge in [0.2, 0.25) is 5.91 Å². The van der Waals surface area contributed by atoms with Crippen molar-refractivity contribution in [3.63, 3.8) is 0 Å². The van der Waals surface area contributed by atoms with E-state index in [0.717, 1.165) is 12.0 Å². The Morgan fingerprint density at radius 1 is 1.57 bits per heavy atom. The van der Waals surface area contributed by atoms with E-state index in [4.69, 9.17) is 16.9 Å². The van der Waals surface area contributed by atoms with E-state index in [2.05, 4.69) is 5.92 Å². The average Bonchev–Trinajstić information content (AvgIpc) is 2.80. The summed E-state index contributed by atoms with van der Waals surface area (Å²) in [6.07, 6.45) is 6.51. The highest BCUT2D eigenvalue weighted by Gasteiger charge is 2.36. The molecule has 5 nitrogen and oxygen atoms in total. The Kier molecular flexibility index (Phi) is 4.49. The summed E-state index contributed by atoms with van der Waals surface area (Å²) in [5, 5.41) is 0. The van der Waals surface area contributed by atoms with Crippen LogP contribution in [0.2, 0.25) is 0 Å². The number of carbonyl (C=O) groups is 2. The second-order valence-electron chi connectivity index (χ2n) is 4.91. The molecule has 110 valence electrons. The van der Waals surface area contributed by atoms with Crippen LogP contribution in [0.5, 0.6) is 5.75 Å². The lowest BCUT2D eigenvalue weighted by molar-refractivity contribution is -0.122. The zero-order chi connectivity index (χ0) is 15.4. The number of rotatable bonds is 6. The van der Waals surface area contributed by atoms with Crippen molar-refractivity contribution in [1.29, 1.82) is 0 Å². The van der Waals surface area contributed by atoms with Crippen LogP contribution in [0.15, 0.2) is 18.2 Å². The average molecular weight is 286 g/mol. The van der Waals surface area contributed by atoms with Gasteiger partial charge in [-0.3, -0.25) is 9.59 Å². The summed E-state index contributed by atoms with van der Waals surface area (Å²) in [6, 6.07) is 4.65. The molecule has 0 spiro atoms. The SMILES string of the molecule is C#CCOc1cccc2c1CN(C(CCC)C(N)=O)C2=O. The van der Waals surface area contributed by atoms with E-state index in [0.29, 0.717) is 24.3 Å². The van der Waals surface area contributed by atoms with Crippen molar-refractivity contribution in [2.75, 3.05) is 6.61 Å². The molecule has 1 aliphatic rings. The fourth-order valence-corrected chi connectivity index (χ4v) is 2.56. The molecule has 2 amide bonds. The third-order valence-corrected chi connectivity index (χ3v) is 3.53. The molecule has 0 aliphatic carbocycles. The van der Waals surface area contributed by atoms with Gasteiger partial charge >= 0.3 is 0 Å². The molecule has 5 heteroatoms. The second kappa shape index (κ2) is 6.31. The van der Waals surface area contributed by atoms with Gasteiger partial charge in [-0.1, -0.05) is 25.3 Å². The summed E-state index contributed by atoms with van der Waals surface area (Å²) in [4.78, 5) is 25.6. The predicted octanol–water partition coefficient (Wildman–Crippen LogP) is 1.31. The fourth-order valence-electron chi connectivity index (χ4n) is 2.56. The number of amides is 2. The maximum absolute atomic E-state index is 12.5. The number of hydrogen-bond donors (Lipinski definition) is 1. The molecule has 0 aromatic heterocycles. The third kappa shape index (κ3) is 2.84. The number of ether oxygens (including phenoxy) is 1. The van der Waals surface area contributed by atoms with Gasteiger partial charge in [0.25, 0.3) is 5.91 Å². The van der Waals surface area contributed by atoms with Crippen LogP contribution in [0.25, 0.3) is 0 Å². The van der Waals surface area contributed by atoms with Crippen molar-refractivity contribution in [3.8, 4) is 18.1 Å². The first-order valence-electron chi connectivity index (χ1n) is 6.88. The Labute approximate surface area is 124 Å². The molecule has 0 radical (unpaired) electrons. The van der Waals surface area contributed by atoms with Gasteiger partial charge in [0.1, 0.15) is 18.4 Å². The number of nitrogens with zero attached hydrogens (tertiary/aromatic N) is 1. The minimum atomic E-state index is -0.588. The summed E-state index contributed by atoms with van der Waals surface area (Å²) < 4.78 is 5.46. The van der Waals surface area contributed by atoms with E-state index < -0.39 is 11.9 Å². The van der Waals surface area contributed by atoms with Crippen LogP contribution in [0.3, 0.4) is 0 Å². The normalized spacial score (nSPS) is 14.5. The highest BCUT2D eigenvalue weighted by Crippen LogP contribution is 2.32. The Balaban J connectivity index is 2.31. The van der Waals surface area contributed by atoms with Crippen molar-refractivity contribution in [3.05, 3.63) is 29.3 Å². The first-order valence-corrected chi connectivity index (χ1v) is 6.88. The number of carbonyl (C=O) groups excluding carboxylic acids is 2. The number of terminal acetylenes is 1. The summed E-state index contributed by atoms with van der Waals surface area (Å²) in [7, 11) is 0. The van der Waals surface area contributed by atoms with Crippen LogP contribution < -0.4 is 10.5 Å². The monoisotopic (exact) mass is 286 g/mol. The van der Waals surface area contributed by atoms with Crippen LogP contribution in [-0.2, 0) is 11.3 Å². The lowest BCUT2D eigenvalue weighted by Gasteiger charge is -2.24. The predicted molar refractivity (Wildman–Crippen MR) is 78.5 cm³/mol. The maximum atomic E-state index is 12.5. The van der Waals surface area contributed by atoms with Crippen molar-refractivity contribution >= 4 is 11.8 Å². The van der Waals surface area contributed by atoms with Gasteiger partial charge in [-0.25, -0.2) is 0 Å². The molecule has 0 saturated heterocycles. The summed E-state index contributed by atoms with van der Waals surface area (Å²) in [5.74, 6) is 2.31. The van der Waals surface area contributed by atoms with Gasteiger partial charge in [-0.05, 0) is 18.6 Å². The zero-order valence-corrected chi connectivity index (χ0v) is 12.0. The first-order chi connectivity index (χ1) is 10.1. The Hall–Kier alpha value is -2.48. The molecule has 1 unspecified atom stereocenters. The van der Waals surface area contributed by atoms with E-state index in [1.807, 2.05) is 6.92 Å². The minimum absolute atomic E-state index is 0.138. The van der Waals surface area contributed by atoms with Crippen LogP contribution in [0.4, 0.5) is 0 Å². The third-order valence-electron chi connectivity index (χ3n) is 3.53. The number of nitrogens with two attached hydrogens (primary N) is 1. The maximum Gasteiger partial charge on any atom is 0.255 e. The van der Waals surface area contributed by atoms with E-state index >= 15 is 0 Å². The Morgan fingerprint density at radius 2 is 2.33 bits per heavy atom. The molecule has 1 aliphatic heterocycles. The smallest absolute Gasteiger partial charge is 0.255 e. The first kappa shape index (κ1) is 14.9. The van der Waals surface area contributed by atoms with Crippen LogP contribution in [-0.4, -0.2) is 29.4 Å². The number of benzene rings is 1. The van der Waals surface area contributed by atoms with E-state index in [1.165, 1.54) is 4.90 Å². The van der Waals surface area contributed by atoms with E-state index in [1.54, 1.807) is 18.2 Å². The molecular formula is C16H18N2O3. The lowest BCUT2D eigenvalue weighted by Crippen LogP contribution is -2.44. The second-order valence-corrected chi connectivity index (χ2v) is 4.91. The van der Waals surface area contributed by atoms with Gasteiger partial charge in [0.15, 0.2) is 0 Å². The topological polar surface area (TPSA) is 72.6 Å². The van der Waals surface area contributed by atoms with Crippen LogP contribution in [0.1, 0.15) is 35.7 Å². The minimum Gasteiger partial charge on any atom is -0.481 e. The van der Waals surface area contributed by atoms with Crippen LogP contribution in [0, 0.1) is 12.3 Å². The van der Waals surface area contributed by atoms with Gasteiger partial charge in [-0.15, -0.1) is 6.42 Å². The number of fused-ring (bicyclic) bond motifs is 1. The van der Waals surface area contributed by atoms with E-state index in [-0.39, 0.29) is 12.5 Å². The Bertz CT molecular complexity index is 604. The van der Waals surface area contributed by atoms with Gasteiger partial charge in [0, 0.05) is 11.1 Å². The van der Waals surface area contributed by atoms with Gasteiger partial charge in [-0.2, -0.15) is 0 Å². The molecule has 1 aromatic carbocycles. The molecule has 1 atom stereocenters.